The first-order valence-corrected chi connectivity index (χ1v) is 7.18. The highest BCUT2D eigenvalue weighted by Gasteiger charge is 2.48. The summed E-state index contributed by atoms with van der Waals surface area (Å²) < 4.78 is 10.1. The molecule has 0 heterocycles. The van der Waals surface area contributed by atoms with Crippen LogP contribution >= 0.6 is 0 Å². The van der Waals surface area contributed by atoms with Gasteiger partial charge in [-0.2, -0.15) is 0 Å². The van der Waals surface area contributed by atoms with Crippen LogP contribution in [-0.4, -0.2) is 59.3 Å². The molecule has 130 valence electrons. The lowest BCUT2D eigenvalue weighted by atomic mass is 9.83. The third kappa shape index (κ3) is 5.51. The van der Waals surface area contributed by atoms with Gasteiger partial charge >= 0.3 is 11.9 Å². The number of esters is 2. The van der Waals surface area contributed by atoms with Crippen molar-refractivity contribution in [2.45, 2.75) is 64.5 Å². The van der Waals surface area contributed by atoms with E-state index < -0.39 is 42.3 Å². The van der Waals surface area contributed by atoms with Crippen molar-refractivity contribution in [1.29, 1.82) is 0 Å². The molecule has 1 saturated carbocycles. The highest BCUT2D eigenvalue weighted by atomic mass is 16.6. The van der Waals surface area contributed by atoms with Gasteiger partial charge in [-0.3, -0.25) is 19.2 Å². The summed E-state index contributed by atoms with van der Waals surface area (Å²) in [5.74, 6) is -2.06. The summed E-state index contributed by atoms with van der Waals surface area (Å²) in [4.78, 5) is 45.2. The summed E-state index contributed by atoms with van der Waals surface area (Å²) in [5.41, 5.74) is 0. The maximum absolute atomic E-state index is 11.3. The van der Waals surface area contributed by atoms with Gasteiger partial charge < -0.3 is 25.2 Å². The highest BCUT2D eigenvalue weighted by molar-refractivity contribution is 5.74. The Labute approximate surface area is 133 Å². The van der Waals surface area contributed by atoms with Crippen LogP contribution in [0.15, 0.2) is 0 Å². The van der Waals surface area contributed by atoms with Crippen molar-refractivity contribution < 1.29 is 33.8 Å². The van der Waals surface area contributed by atoms with Crippen molar-refractivity contribution in [1.82, 2.24) is 10.6 Å². The molecule has 1 unspecified atom stereocenters. The summed E-state index contributed by atoms with van der Waals surface area (Å²) >= 11 is 0. The van der Waals surface area contributed by atoms with E-state index in [1.165, 1.54) is 13.8 Å². The van der Waals surface area contributed by atoms with E-state index in [0.717, 1.165) is 13.8 Å². The summed E-state index contributed by atoms with van der Waals surface area (Å²) in [7, 11) is 0. The molecule has 0 aromatic rings. The summed E-state index contributed by atoms with van der Waals surface area (Å²) in [6, 6.07) is -1.45. The molecule has 1 rings (SSSR count). The minimum absolute atomic E-state index is 0.131. The van der Waals surface area contributed by atoms with Gasteiger partial charge in [-0.25, -0.2) is 0 Å². The minimum Gasteiger partial charge on any atom is -0.457 e. The maximum Gasteiger partial charge on any atom is 0.303 e. The molecule has 0 saturated heterocycles. The number of ether oxygens (including phenoxy) is 2. The number of hydrogen-bond acceptors (Lipinski definition) is 7. The van der Waals surface area contributed by atoms with Crippen molar-refractivity contribution in [3.8, 4) is 0 Å². The van der Waals surface area contributed by atoms with Crippen molar-refractivity contribution in [3.63, 3.8) is 0 Å². The fraction of sp³-hybridized carbons (Fsp3) is 0.714. The van der Waals surface area contributed by atoms with Gasteiger partial charge in [0.15, 0.2) is 12.2 Å². The normalized spacial score (nSPS) is 30.0. The Bertz CT molecular complexity index is 452. The zero-order chi connectivity index (χ0) is 17.7. The predicted octanol–water partition coefficient (Wildman–Crippen LogP) is -1.38. The average Bonchev–Trinajstić information content (AvgIpc) is 2.37. The molecule has 0 aromatic heterocycles. The predicted molar refractivity (Wildman–Crippen MR) is 76.9 cm³/mol. The number of carbonyl (C=O) groups excluding carboxylic acids is 4. The van der Waals surface area contributed by atoms with E-state index in [1.54, 1.807) is 0 Å². The van der Waals surface area contributed by atoms with Crippen LogP contribution in [0.25, 0.3) is 0 Å². The van der Waals surface area contributed by atoms with Gasteiger partial charge in [-0.15, -0.1) is 0 Å². The summed E-state index contributed by atoms with van der Waals surface area (Å²) in [5, 5.41) is 15.6. The second-order valence-corrected chi connectivity index (χ2v) is 5.49. The quantitative estimate of drug-likeness (QED) is 0.542. The topological polar surface area (TPSA) is 131 Å². The molecular formula is C14H22N2O7. The lowest BCUT2D eigenvalue weighted by Crippen LogP contribution is -2.66. The molecule has 23 heavy (non-hydrogen) atoms. The van der Waals surface area contributed by atoms with Crippen LogP contribution in [0, 0.1) is 0 Å². The van der Waals surface area contributed by atoms with E-state index in [0.29, 0.717) is 0 Å². The van der Waals surface area contributed by atoms with Crippen molar-refractivity contribution >= 4 is 23.8 Å². The Morgan fingerprint density at radius 3 is 1.43 bits per heavy atom. The summed E-state index contributed by atoms with van der Waals surface area (Å²) in [6.45, 7) is 4.89. The van der Waals surface area contributed by atoms with E-state index >= 15 is 0 Å². The van der Waals surface area contributed by atoms with Gasteiger partial charge in [-0.1, -0.05) is 0 Å². The fourth-order valence-corrected chi connectivity index (χ4v) is 2.70. The number of hydrogen-bond donors (Lipinski definition) is 3. The molecule has 9 heteroatoms. The van der Waals surface area contributed by atoms with Gasteiger partial charge in [0.2, 0.25) is 11.8 Å². The Hall–Kier alpha value is -2.16. The lowest BCUT2D eigenvalue weighted by molar-refractivity contribution is -0.183. The smallest absolute Gasteiger partial charge is 0.303 e. The number of aliphatic hydroxyl groups excluding tert-OH is 1. The Balaban J connectivity index is 3.08. The molecule has 3 N–H and O–H groups in total. The van der Waals surface area contributed by atoms with Crippen LogP contribution in [-0.2, 0) is 28.7 Å². The van der Waals surface area contributed by atoms with Crippen LogP contribution in [0.2, 0.25) is 0 Å². The zero-order valence-electron chi connectivity index (χ0n) is 13.5. The maximum atomic E-state index is 11.3. The molecule has 9 nitrogen and oxygen atoms in total. The van der Waals surface area contributed by atoms with E-state index in [2.05, 4.69) is 10.6 Å². The van der Waals surface area contributed by atoms with E-state index in [-0.39, 0.29) is 18.2 Å². The molecule has 0 aliphatic heterocycles. The van der Waals surface area contributed by atoms with E-state index in [1.807, 2.05) is 0 Å². The highest BCUT2D eigenvalue weighted by Crippen LogP contribution is 2.26. The standard InChI is InChI=1S/C14H22N2O7/c1-6(17)15-10-5-11(16-7(2)18)14(23-9(4)20)12(21)13(10)22-8(3)19/h10-14,21H,5H2,1-4H3,(H,15,17)(H,16,18)/t10-,11+,12?,13+,14-. The molecule has 5 atom stereocenters. The van der Waals surface area contributed by atoms with Crippen molar-refractivity contribution in [2.24, 2.45) is 0 Å². The Morgan fingerprint density at radius 1 is 0.826 bits per heavy atom. The van der Waals surface area contributed by atoms with E-state index in [4.69, 9.17) is 9.47 Å². The molecule has 1 aliphatic carbocycles. The van der Waals surface area contributed by atoms with Gasteiger partial charge in [0.1, 0.15) is 6.10 Å². The van der Waals surface area contributed by atoms with Crippen LogP contribution in [0.3, 0.4) is 0 Å². The molecule has 0 aromatic carbocycles. The molecule has 1 fully saturated rings. The minimum atomic E-state index is -1.40. The fourth-order valence-electron chi connectivity index (χ4n) is 2.70. The van der Waals surface area contributed by atoms with Crippen LogP contribution in [0.5, 0.6) is 0 Å². The lowest BCUT2D eigenvalue weighted by Gasteiger charge is -2.43. The largest absolute Gasteiger partial charge is 0.457 e. The van der Waals surface area contributed by atoms with Crippen LogP contribution < -0.4 is 10.6 Å². The summed E-state index contributed by atoms with van der Waals surface area (Å²) in [6.07, 6.45) is -3.45. The second-order valence-electron chi connectivity index (χ2n) is 5.49. The second kappa shape index (κ2) is 7.91. The first kappa shape index (κ1) is 18.9. The number of nitrogens with one attached hydrogen (secondary N) is 2. The molecule has 0 radical (unpaired) electrons. The number of carbonyl (C=O) groups is 4. The first-order valence-electron chi connectivity index (χ1n) is 7.18. The first-order chi connectivity index (χ1) is 10.6. The van der Waals surface area contributed by atoms with E-state index in [9.17, 15) is 24.3 Å². The van der Waals surface area contributed by atoms with Crippen LogP contribution in [0.1, 0.15) is 34.1 Å². The van der Waals surface area contributed by atoms with Gasteiger partial charge in [-0.05, 0) is 6.42 Å². The monoisotopic (exact) mass is 330 g/mol. The van der Waals surface area contributed by atoms with Gasteiger partial charge in [0.25, 0.3) is 0 Å². The molecule has 0 bridgehead atoms. The Morgan fingerprint density at radius 2 is 1.17 bits per heavy atom. The zero-order valence-corrected chi connectivity index (χ0v) is 13.5. The molecule has 2 amide bonds. The van der Waals surface area contributed by atoms with Crippen molar-refractivity contribution in [3.05, 3.63) is 0 Å². The number of aliphatic hydroxyl groups is 1. The molecular weight excluding hydrogens is 308 g/mol. The van der Waals surface area contributed by atoms with Crippen LogP contribution in [0.4, 0.5) is 0 Å². The van der Waals surface area contributed by atoms with Gasteiger partial charge in [0, 0.05) is 27.7 Å². The number of amides is 2. The number of rotatable bonds is 4. The average molecular weight is 330 g/mol. The third-order valence-electron chi connectivity index (χ3n) is 3.36. The Kier molecular flexibility index (Phi) is 6.49. The van der Waals surface area contributed by atoms with Gasteiger partial charge in [0.05, 0.1) is 12.1 Å². The third-order valence-corrected chi connectivity index (χ3v) is 3.36. The SMILES string of the molecule is CC(=O)N[C@H]1C[C@@H](NC(C)=O)[C@H](OC(C)=O)C(O)[C@@H]1OC(C)=O. The van der Waals surface area contributed by atoms with Crippen molar-refractivity contribution in [2.75, 3.05) is 0 Å². The molecule has 0 spiro atoms. The molecule has 1 aliphatic rings.